The summed E-state index contributed by atoms with van der Waals surface area (Å²) in [6.45, 7) is 6.27. The Morgan fingerprint density at radius 1 is 0.750 bits per heavy atom. The highest BCUT2D eigenvalue weighted by molar-refractivity contribution is 4.79. The maximum Gasteiger partial charge on any atom is 0.107 e. The first-order valence-corrected chi connectivity index (χ1v) is 8.96. The van der Waals surface area contributed by atoms with Gasteiger partial charge in [-0.25, -0.2) is 0 Å². The van der Waals surface area contributed by atoms with Crippen LogP contribution in [-0.4, -0.2) is 31.7 Å². The average molecular weight is 283 g/mol. The summed E-state index contributed by atoms with van der Waals surface area (Å²) in [5.74, 6) is 0. The third kappa shape index (κ3) is 11.5. The molecule has 0 fully saturated rings. The third-order valence-electron chi connectivity index (χ3n) is 4.37. The van der Waals surface area contributed by atoms with Crippen LogP contribution in [-0.2, 0) is 0 Å². The molecule has 0 heterocycles. The largest absolute Gasteiger partial charge is 0.325 e. The Bertz CT molecular complexity index is 214. The minimum absolute atomic E-state index is 0.619. The minimum atomic E-state index is 0.619. The van der Waals surface area contributed by atoms with E-state index in [9.17, 15) is 0 Å². The van der Waals surface area contributed by atoms with Crippen molar-refractivity contribution in [1.82, 2.24) is 0 Å². The van der Waals surface area contributed by atoms with Gasteiger partial charge in [-0.1, -0.05) is 77.7 Å². The standard InChI is InChI=1S/C19H40N/c1-6-8-9-10-11-12-13-14-15-16-17-18-19(7-2)20(3,4)5/h7,19H,2,6,8-18H2,1,3-5H3/q+1. The van der Waals surface area contributed by atoms with Crippen LogP contribution in [0.1, 0.15) is 84.0 Å². The molecule has 0 aliphatic heterocycles. The van der Waals surface area contributed by atoms with Gasteiger partial charge in [0, 0.05) is 6.42 Å². The van der Waals surface area contributed by atoms with Crippen LogP contribution in [0.2, 0.25) is 0 Å². The number of nitrogens with zero attached hydrogens (tertiary/aromatic N) is 1. The van der Waals surface area contributed by atoms with Crippen molar-refractivity contribution >= 4 is 0 Å². The van der Waals surface area contributed by atoms with Gasteiger partial charge < -0.3 is 4.48 Å². The van der Waals surface area contributed by atoms with Crippen LogP contribution in [0.3, 0.4) is 0 Å². The maximum atomic E-state index is 3.98. The van der Waals surface area contributed by atoms with E-state index in [4.69, 9.17) is 0 Å². The first-order valence-electron chi connectivity index (χ1n) is 8.96. The predicted molar refractivity (Wildman–Crippen MR) is 93.1 cm³/mol. The van der Waals surface area contributed by atoms with E-state index in [1.165, 1.54) is 77.0 Å². The quantitative estimate of drug-likeness (QED) is 0.210. The second-order valence-corrected chi connectivity index (χ2v) is 7.24. The highest BCUT2D eigenvalue weighted by Crippen LogP contribution is 2.15. The molecule has 1 atom stereocenters. The number of likely N-dealkylation sites (N-methyl/N-ethyl adjacent to an activating group) is 1. The zero-order chi connectivity index (χ0) is 15.3. The molecule has 0 N–H and O–H groups in total. The van der Waals surface area contributed by atoms with E-state index in [1.807, 2.05) is 0 Å². The van der Waals surface area contributed by atoms with Crippen LogP contribution in [0, 0.1) is 0 Å². The van der Waals surface area contributed by atoms with Crippen LogP contribution >= 0.6 is 0 Å². The first kappa shape index (κ1) is 19.7. The Kier molecular flexibility index (Phi) is 12.3. The number of hydrogen-bond acceptors (Lipinski definition) is 0. The van der Waals surface area contributed by atoms with Gasteiger partial charge in [-0.3, -0.25) is 0 Å². The summed E-state index contributed by atoms with van der Waals surface area (Å²) in [4.78, 5) is 0. The summed E-state index contributed by atoms with van der Waals surface area (Å²) in [6.07, 6.45) is 19.1. The zero-order valence-electron chi connectivity index (χ0n) is 14.8. The van der Waals surface area contributed by atoms with Gasteiger partial charge in [0.25, 0.3) is 0 Å². The lowest BCUT2D eigenvalue weighted by molar-refractivity contribution is -0.889. The van der Waals surface area contributed by atoms with E-state index >= 15 is 0 Å². The molecule has 0 aliphatic rings. The molecule has 0 saturated carbocycles. The monoisotopic (exact) mass is 282 g/mol. The van der Waals surface area contributed by atoms with Gasteiger partial charge in [0.1, 0.15) is 6.04 Å². The van der Waals surface area contributed by atoms with E-state index in [0.717, 1.165) is 4.48 Å². The summed E-state index contributed by atoms with van der Waals surface area (Å²) in [5, 5.41) is 0. The molecule has 1 heteroatoms. The summed E-state index contributed by atoms with van der Waals surface area (Å²) in [6, 6.07) is 0.619. The Morgan fingerprint density at radius 3 is 1.50 bits per heavy atom. The number of quaternary nitrogens is 1. The number of unbranched alkanes of at least 4 members (excludes halogenated alkanes) is 10. The molecule has 0 spiro atoms. The van der Waals surface area contributed by atoms with Crippen molar-refractivity contribution in [2.24, 2.45) is 0 Å². The molecule has 0 amide bonds. The van der Waals surface area contributed by atoms with Crippen LogP contribution < -0.4 is 0 Å². The molecule has 0 rings (SSSR count). The number of hydrogen-bond donors (Lipinski definition) is 0. The van der Waals surface area contributed by atoms with E-state index in [0.29, 0.717) is 6.04 Å². The summed E-state index contributed by atoms with van der Waals surface area (Å²) in [7, 11) is 6.81. The van der Waals surface area contributed by atoms with E-state index in [2.05, 4.69) is 40.7 Å². The Hall–Kier alpha value is -0.300. The van der Waals surface area contributed by atoms with Crippen LogP contribution in [0.25, 0.3) is 0 Å². The van der Waals surface area contributed by atoms with Crippen LogP contribution in [0.4, 0.5) is 0 Å². The molecular weight excluding hydrogens is 242 g/mol. The SMILES string of the molecule is C=CC(CCCCCCCCCCCCC)[N+](C)(C)C. The Balaban J connectivity index is 3.30. The molecule has 20 heavy (non-hydrogen) atoms. The molecule has 1 unspecified atom stereocenters. The lowest BCUT2D eigenvalue weighted by atomic mass is 10.0. The molecular formula is C19H40N+. The fourth-order valence-electron chi connectivity index (χ4n) is 2.84. The summed E-state index contributed by atoms with van der Waals surface area (Å²) in [5.41, 5.74) is 0. The van der Waals surface area contributed by atoms with Crippen LogP contribution in [0.5, 0.6) is 0 Å². The molecule has 0 aliphatic carbocycles. The van der Waals surface area contributed by atoms with Crippen molar-refractivity contribution < 1.29 is 4.48 Å². The van der Waals surface area contributed by atoms with Gasteiger partial charge in [0.2, 0.25) is 0 Å². The van der Waals surface area contributed by atoms with E-state index in [1.54, 1.807) is 0 Å². The molecule has 0 saturated heterocycles. The normalized spacial score (nSPS) is 13.4. The summed E-state index contributed by atoms with van der Waals surface area (Å²) >= 11 is 0. The average Bonchev–Trinajstić information content (AvgIpc) is 2.38. The second kappa shape index (κ2) is 12.4. The van der Waals surface area contributed by atoms with Crippen molar-refractivity contribution in [2.75, 3.05) is 21.1 Å². The van der Waals surface area contributed by atoms with Crippen molar-refractivity contribution in [3.8, 4) is 0 Å². The van der Waals surface area contributed by atoms with Crippen molar-refractivity contribution in [3.05, 3.63) is 12.7 Å². The molecule has 0 radical (unpaired) electrons. The van der Waals surface area contributed by atoms with Gasteiger partial charge in [-0.05, 0) is 12.5 Å². The number of rotatable bonds is 14. The second-order valence-electron chi connectivity index (χ2n) is 7.24. The van der Waals surface area contributed by atoms with Gasteiger partial charge in [0.15, 0.2) is 0 Å². The van der Waals surface area contributed by atoms with Crippen molar-refractivity contribution in [1.29, 1.82) is 0 Å². The Morgan fingerprint density at radius 2 is 1.15 bits per heavy atom. The van der Waals surface area contributed by atoms with Gasteiger partial charge >= 0.3 is 0 Å². The van der Waals surface area contributed by atoms with E-state index in [-0.39, 0.29) is 0 Å². The molecule has 0 aromatic rings. The smallest absolute Gasteiger partial charge is 0.107 e. The maximum absolute atomic E-state index is 3.98. The third-order valence-corrected chi connectivity index (χ3v) is 4.37. The van der Waals surface area contributed by atoms with Gasteiger partial charge in [-0.2, -0.15) is 0 Å². The molecule has 120 valence electrons. The zero-order valence-corrected chi connectivity index (χ0v) is 14.8. The highest BCUT2D eigenvalue weighted by atomic mass is 15.3. The van der Waals surface area contributed by atoms with Gasteiger partial charge in [0.05, 0.1) is 21.1 Å². The highest BCUT2D eigenvalue weighted by Gasteiger charge is 2.18. The van der Waals surface area contributed by atoms with Crippen LogP contribution in [0.15, 0.2) is 12.7 Å². The predicted octanol–water partition coefficient (Wildman–Crippen LogP) is 5.95. The van der Waals surface area contributed by atoms with E-state index < -0.39 is 0 Å². The summed E-state index contributed by atoms with van der Waals surface area (Å²) < 4.78 is 1.02. The minimum Gasteiger partial charge on any atom is -0.325 e. The van der Waals surface area contributed by atoms with Gasteiger partial charge in [-0.15, -0.1) is 0 Å². The molecule has 0 aromatic heterocycles. The fraction of sp³-hybridized carbons (Fsp3) is 0.895. The Labute approximate surface area is 129 Å². The fourth-order valence-corrected chi connectivity index (χ4v) is 2.84. The van der Waals surface area contributed by atoms with Crippen molar-refractivity contribution in [3.63, 3.8) is 0 Å². The molecule has 1 nitrogen and oxygen atoms in total. The topological polar surface area (TPSA) is 0 Å². The van der Waals surface area contributed by atoms with Crippen molar-refractivity contribution in [2.45, 2.75) is 90.0 Å². The molecule has 0 bridgehead atoms. The molecule has 0 aromatic carbocycles. The lowest BCUT2D eigenvalue weighted by Gasteiger charge is -2.32. The lowest BCUT2D eigenvalue weighted by Crippen LogP contribution is -2.43. The first-order chi connectivity index (χ1) is 9.52.